The van der Waals surface area contributed by atoms with E-state index in [1.54, 1.807) is 24.3 Å². The van der Waals surface area contributed by atoms with Gasteiger partial charge in [0.1, 0.15) is 5.75 Å². The predicted octanol–water partition coefficient (Wildman–Crippen LogP) is 2.74. The van der Waals surface area contributed by atoms with Crippen LogP contribution < -0.4 is 5.09 Å². The first-order valence-electron chi connectivity index (χ1n) is 7.34. The van der Waals surface area contributed by atoms with E-state index < -0.39 is 7.75 Å². The van der Waals surface area contributed by atoms with Crippen LogP contribution in [0.5, 0.6) is 5.75 Å². The van der Waals surface area contributed by atoms with Crippen molar-refractivity contribution < 1.29 is 24.3 Å². The van der Waals surface area contributed by atoms with E-state index in [2.05, 4.69) is 5.09 Å². The van der Waals surface area contributed by atoms with E-state index in [9.17, 15) is 14.5 Å². The Labute approximate surface area is 134 Å². The Morgan fingerprint density at radius 3 is 2.65 bits per heavy atom. The number of phenolic OH excluding ortho intramolecular Hbond substituents is 1. The molecule has 4 N–H and O–H groups in total. The van der Waals surface area contributed by atoms with E-state index in [1.807, 2.05) is 13.0 Å². The number of benzene rings is 1. The van der Waals surface area contributed by atoms with Gasteiger partial charge in [-0.2, -0.15) is 0 Å². The molecule has 0 amide bonds. The van der Waals surface area contributed by atoms with Gasteiger partial charge in [-0.25, -0.2) is 4.57 Å². The molecule has 0 aliphatic heterocycles. The van der Waals surface area contributed by atoms with Gasteiger partial charge in [-0.1, -0.05) is 25.1 Å². The van der Waals surface area contributed by atoms with E-state index >= 15 is 0 Å². The minimum atomic E-state index is -4.46. The molecule has 1 atom stereocenters. The molecule has 1 unspecified atom stereocenters. The number of phenols is 1. The van der Waals surface area contributed by atoms with Gasteiger partial charge < -0.3 is 14.9 Å². The Bertz CT molecular complexity index is 704. The summed E-state index contributed by atoms with van der Waals surface area (Å²) >= 11 is 0. The van der Waals surface area contributed by atoms with E-state index in [0.717, 1.165) is 12.0 Å². The Morgan fingerprint density at radius 1 is 1.30 bits per heavy atom. The number of carbonyl (C=O) groups excluding carboxylic acids is 1. The van der Waals surface area contributed by atoms with Crippen molar-refractivity contribution in [1.82, 2.24) is 5.09 Å². The average Bonchev–Trinajstić information content (AvgIpc) is 2.45. The third kappa shape index (κ3) is 5.06. The fraction of sp³-hybridized carbons (Fsp3) is 0.312. The van der Waals surface area contributed by atoms with Gasteiger partial charge in [-0.15, -0.1) is 0 Å². The first-order chi connectivity index (χ1) is 10.8. The molecule has 0 saturated carbocycles. The summed E-state index contributed by atoms with van der Waals surface area (Å²) in [5, 5.41) is 11.8. The Hall–Kier alpha value is -1.88. The van der Waals surface area contributed by atoms with Crippen LogP contribution >= 0.6 is 7.75 Å². The Balaban J connectivity index is 2.29. The number of aromatic hydroxyl groups is 1. The minimum Gasteiger partial charge on any atom is -0.508 e. The molecular formula is C16H20NO5P. The van der Waals surface area contributed by atoms with Crippen molar-refractivity contribution in [3.8, 4) is 5.75 Å². The zero-order valence-electron chi connectivity index (χ0n) is 12.8. The smallest absolute Gasteiger partial charge is 0.427 e. The number of nitrogens with one attached hydrogen (secondary N) is 1. The average molecular weight is 337 g/mol. The van der Waals surface area contributed by atoms with Crippen molar-refractivity contribution in [2.75, 3.05) is 0 Å². The van der Waals surface area contributed by atoms with Gasteiger partial charge in [0, 0.05) is 5.70 Å². The van der Waals surface area contributed by atoms with Crippen LogP contribution in [0.4, 0.5) is 0 Å². The highest BCUT2D eigenvalue weighted by Gasteiger charge is 2.23. The fourth-order valence-corrected chi connectivity index (χ4v) is 3.24. The van der Waals surface area contributed by atoms with Gasteiger partial charge in [0.05, 0.1) is 6.42 Å². The second-order valence-corrected chi connectivity index (χ2v) is 6.85. The number of allylic oxidation sites excluding steroid dienone is 4. The quantitative estimate of drug-likeness (QED) is 0.595. The van der Waals surface area contributed by atoms with E-state index in [1.165, 1.54) is 6.08 Å². The van der Waals surface area contributed by atoms with Crippen LogP contribution in [0, 0.1) is 0 Å². The van der Waals surface area contributed by atoms with Gasteiger partial charge in [0.25, 0.3) is 0 Å². The second-order valence-electron chi connectivity index (χ2n) is 5.54. The largest absolute Gasteiger partial charge is 0.508 e. The van der Waals surface area contributed by atoms with Crippen molar-refractivity contribution in [3.63, 3.8) is 0 Å². The highest BCUT2D eigenvalue weighted by Crippen LogP contribution is 2.36. The lowest BCUT2D eigenvalue weighted by Crippen LogP contribution is -2.18. The van der Waals surface area contributed by atoms with Crippen LogP contribution in [0.3, 0.4) is 0 Å². The number of hydrogen-bond acceptors (Lipinski definition) is 3. The van der Waals surface area contributed by atoms with Crippen LogP contribution in [-0.2, 0) is 9.36 Å². The summed E-state index contributed by atoms with van der Waals surface area (Å²) in [6.45, 7) is 2.00. The summed E-state index contributed by atoms with van der Waals surface area (Å²) in [5.74, 6) is 0.0523. The third-order valence-electron chi connectivity index (χ3n) is 3.79. The summed E-state index contributed by atoms with van der Waals surface area (Å²) in [4.78, 5) is 29.8. The summed E-state index contributed by atoms with van der Waals surface area (Å²) in [7, 11) is -4.46. The first kappa shape index (κ1) is 17.5. The van der Waals surface area contributed by atoms with Gasteiger partial charge in [0.15, 0.2) is 5.78 Å². The number of rotatable bonds is 6. The second kappa shape index (κ2) is 7.13. The highest BCUT2D eigenvalue weighted by molar-refractivity contribution is 7.49. The molecule has 0 aromatic heterocycles. The fourth-order valence-electron chi connectivity index (χ4n) is 2.66. The summed E-state index contributed by atoms with van der Waals surface area (Å²) in [6, 6.07) is 6.94. The summed E-state index contributed by atoms with van der Waals surface area (Å²) in [5.41, 5.74) is 1.91. The van der Waals surface area contributed by atoms with Gasteiger partial charge in [-0.3, -0.25) is 9.88 Å². The molecule has 0 fully saturated rings. The lowest BCUT2D eigenvalue weighted by molar-refractivity contribution is -0.114. The molecule has 7 heteroatoms. The van der Waals surface area contributed by atoms with E-state index in [-0.39, 0.29) is 29.6 Å². The maximum absolute atomic E-state index is 11.5. The molecular weight excluding hydrogens is 317 g/mol. The monoisotopic (exact) mass is 337 g/mol. The zero-order valence-corrected chi connectivity index (χ0v) is 13.7. The van der Waals surface area contributed by atoms with E-state index in [0.29, 0.717) is 12.0 Å². The van der Waals surface area contributed by atoms with Crippen LogP contribution in [0.25, 0.3) is 0 Å². The standard InChI is InChI=1S/C16H20NO5P/c1-2-11(12-4-3-5-14(18)9-12)8-13-6-7-15(19)10-16(13)17-23(20,21)22/h3-7,9,11,18H,2,8,10H2,1H3,(H3,17,20,21,22). The zero-order chi connectivity index (χ0) is 17.0. The van der Waals surface area contributed by atoms with Crippen molar-refractivity contribution in [2.45, 2.75) is 32.1 Å². The predicted molar refractivity (Wildman–Crippen MR) is 86.7 cm³/mol. The molecule has 6 nitrogen and oxygen atoms in total. The summed E-state index contributed by atoms with van der Waals surface area (Å²) in [6.07, 6.45) is 4.29. The van der Waals surface area contributed by atoms with Gasteiger partial charge in [-0.05, 0) is 48.1 Å². The van der Waals surface area contributed by atoms with Crippen molar-refractivity contribution in [1.29, 1.82) is 0 Å². The van der Waals surface area contributed by atoms with Crippen molar-refractivity contribution in [2.24, 2.45) is 0 Å². The molecule has 0 heterocycles. The molecule has 1 aromatic carbocycles. The van der Waals surface area contributed by atoms with Crippen LogP contribution in [-0.4, -0.2) is 20.7 Å². The Kier molecular flexibility index (Phi) is 5.42. The lowest BCUT2D eigenvalue weighted by atomic mass is 9.87. The molecule has 0 saturated heterocycles. The number of ketones is 1. The molecule has 0 bridgehead atoms. The maximum atomic E-state index is 11.5. The van der Waals surface area contributed by atoms with Crippen LogP contribution in [0.2, 0.25) is 0 Å². The topological polar surface area (TPSA) is 107 Å². The van der Waals surface area contributed by atoms with E-state index in [4.69, 9.17) is 9.79 Å². The lowest BCUT2D eigenvalue weighted by Gasteiger charge is -2.22. The SMILES string of the molecule is CCC(CC1=C(NP(=O)(O)O)CC(=O)C=C1)c1cccc(O)c1. The molecule has 1 aliphatic rings. The molecule has 0 spiro atoms. The molecule has 2 rings (SSSR count). The van der Waals surface area contributed by atoms with Crippen LogP contribution in [0.15, 0.2) is 47.7 Å². The molecule has 0 radical (unpaired) electrons. The molecule has 1 aliphatic carbocycles. The van der Waals surface area contributed by atoms with Gasteiger partial charge in [0.2, 0.25) is 0 Å². The Morgan fingerprint density at radius 2 is 2.04 bits per heavy atom. The third-order valence-corrected chi connectivity index (χ3v) is 4.35. The molecule has 1 aromatic rings. The van der Waals surface area contributed by atoms with Gasteiger partial charge >= 0.3 is 7.75 Å². The highest BCUT2D eigenvalue weighted by atomic mass is 31.2. The van der Waals surface area contributed by atoms with Crippen LogP contribution in [0.1, 0.15) is 37.7 Å². The summed E-state index contributed by atoms with van der Waals surface area (Å²) < 4.78 is 11.2. The number of hydrogen-bond donors (Lipinski definition) is 4. The molecule has 23 heavy (non-hydrogen) atoms. The normalized spacial score (nSPS) is 16.6. The van der Waals surface area contributed by atoms with Crippen molar-refractivity contribution >= 4 is 13.5 Å². The maximum Gasteiger partial charge on any atom is 0.427 e. The number of carbonyl (C=O) groups is 1. The minimum absolute atomic E-state index is 0.0482. The molecule has 124 valence electrons. The first-order valence-corrected chi connectivity index (χ1v) is 8.95. The van der Waals surface area contributed by atoms with Crippen molar-refractivity contribution in [3.05, 3.63) is 53.3 Å².